The van der Waals surface area contributed by atoms with E-state index in [0.29, 0.717) is 19.7 Å². The van der Waals surface area contributed by atoms with Gasteiger partial charge in [-0.2, -0.15) is 0 Å². The first kappa shape index (κ1) is 16.5. The van der Waals surface area contributed by atoms with Crippen molar-refractivity contribution < 1.29 is 13.2 Å². The van der Waals surface area contributed by atoms with Crippen LogP contribution in [0.4, 0.5) is 0 Å². The Hall–Kier alpha value is -0.550. The maximum atomic E-state index is 12.0. The summed E-state index contributed by atoms with van der Waals surface area (Å²) in [6.07, 6.45) is 0. The normalized spacial score (nSPS) is 12.3. The summed E-state index contributed by atoms with van der Waals surface area (Å²) in [7, 11) is 1.44. The van der Waals surface area contributed by atoms with Crippen molar-refractivity contribution in [3.05, 3.63) is 4.60 Å². The van der Waals surface area contributed by atoms with Gasteiger partial charge in [0.2, 0.25) is 5.03 Å². The summed E-state index contributed by atoms with van der Waals surface area (Å²) in [6, 6.07) is 0. The monoisotopic (exact) mass is 355 g/mol. The molecule has 0 aliphatic heterocycles. The number of methoxy groups -OCH3 is 1. The van der Waals surface area contributed by atoms with Gasteiger partial charge in [-0.25, -0.2) is 17.8 Å². The van der Waals surface area contributed by atoms with Gasteiger partial charge in [0.15, 0.2) is 4.60 Å². The summed E-state index contributed by atoms with van der Waals surface area (Å²) in [6.45, 7) is 2.25. The fourth-order valence-corrected chi connectivity index (χ4v) is 3.52. The first-order valence-corrected chi connectivity index (χ1v) is 7.88. The molecule has 0 atom stereocenters. The lowest BCUT2D eigenvalue weighted by molar-refractivity contribution is 0.162. The smallest absolute Gasteiger partial charge is 0.260 e. The molecule has 19 heavy (non-hydrogen) atoms. The minimum absolute atomic E-state index is 0.0204. The number of halogens is 1. The number of nitrogens with zero attached hydrogens (tertiary/aromatic N) is 4. The van der Waals surface area contributed by atoms with Crippen LogP contribution in [0.3, 0.4) is 0 Å². The SMILES string of the molecule is COCCN(C)CCNS(=O)(=O)c1c(Br)nnn1C. The van der Waals surface area contributed by atoms with Crippen molar-refractivity contribution in [3.8, 4) is 0 Å². The van der Waals surface area contributed by atoms with E-state index in [1.807, 2.05) is 11.9 Å². The molecular weight excluding hydrogens is 338 g/mol. The summed E-state index contributed by atoms with van der Waals surface area (Å²) in [5.41, 5.74) is 0. The van der Waals surface area contributed by atoms with Gasteiger partial charge in [-0.15, -0.1) is 5.10 Å². The molecule has 1 aromatic rings. The van der Waals surface area contributed by atoms with Crippen molar-refractivity contribution in [3.63, 3.8) is 0 Å². The zero-order chi connectivity index (χ0) is 14.5. The quantitative estimate of drug-likeness (QED) is 0.671. The average Bonchev–Trinajstić information content (AvgIpc) is 2.66. The van der Waals surface area contributed by atoms with Gasteiger partial charge < -0.3 is 9.64 Å². The summed E-state index contributed by atoms with van der Waals surface area (Å²) in [5, 5.41) is 7.31. The molecule has 8 nitrogen and oxygen atoms in total. The standard InChI is InChI=1S/C9H18BrN5O3S/c1-14(6-7-18-3)5-4-11-19(16,17)9-8(10)12-13-15(9)2/h11H,4-7H2,1-3H3. The van der Waals surface area contributed by atoms with Gasteiger partial charge >= 0.3 is 0 Å². The zero-order valence-corrected chi connectivity index (χ0v) is 13.5. The molecule has 0 radical (unpaired) electrons. The van der Waals surface area contributed by atoms with Gasteiger partial charge in [0.05, 0.1) is 6.61 Å². The van der Waals surface area contributed by atoms with Crippen LogP contribution >= 0.6 is 15.9 Å². The lowest BCUT2D eigenvalue weighted by atomic mass is 10.5. The molecule has 0 unspecified atom stereocenters. The van der Waals surface area contributed by atoms with Gasteiger partial charge in [-0.05, 0) is 23.0 Å². The second-order valence-electron chi connectivity index (χ2n) is 4.00. The van der Waals surface area contributed by atoms with Crippen molar-refractivity contribution in [2.75, 3.05) is 40.4 Å². The third-order valence-corrected chi connectivity index (χ3v) is 4.80. The number of aryl methyl sites for hydroxylation is 1. The van der Waals surface area contributed by atoms with Crippen LogP contribution in [-0.4, -0.2) is 68.7 Å². The van der Waals surface area contributed by atoms with E-state index in [1.54, 1.807) is 7.11 Å². The Labute approximate surface area is 121 Å². The third-order valence-electron chi connectivity index (χ3n) is 2.45. The molecule has 0 amide bonds. The van der Waals surface area contributed by atoms with Crippen molar-refractivity contribution in [2.45, 2.75) is 5.03 Å². The maximum Gasteiger partial charge on any atom is 0.260 e. The van der Waals surface area contributed by atoms with Gasteiger partial charge in [-0.1, -0.05) is 5.21 Å². The van der Waals surface area contributed by atoms with E-state index >= 15 is 0 Å². The highest BCUT2D eigenvalue weighted by molar-refractivity contribution is 9.10. The van der Waals surface area contributed by atoms with E-state index in [-0.39, 0.29) is 9.63 Å². The van der Waals surface area contributed by atoms with Gasteiger partial charge in [-0.3, -0.25) is 0 Å². The van der Waals surface area contributed by atoms with Crippen LogP contribution in [0.2, 0.25) is 0 Å². The molecule has 10 heteroatoms. The molecule has 0 aliphatic rings. The largest absolute Gasteiger partial charge is 0.383 e. The first-order valence-electron chi connectivity index (χ1n) is 5.61. The number of nitrogens with one attached hydrogen (secondary N) is 1. The predicted molar refractivity (Wildman–Crippen MR) is 73.3 cm³/mol. The fourth-order valence-electron chi connectivity index (χ4n) is 1.41. The zero-order valence-electron chi connectivity index (χ0n) is 11.1. The molecular formula is C9H18BrN5O3S. The van der Waals surface area contributed by atoms with E-state index in [2.05, 4.69) is 31.0 Å². The summed E-state index contributed by atoms with van der Waals surface area (Å²) in [5.74, 6) is 0. The summed E-state index contributed by atoms with van der Waals surface area (Å²) >= 11 is 3.07. The Morgan fingerprint density at radius 2 is 2.16 bits per heavy atom. The van der Waals surface area contributed by atoms with Crippen LogP contribution in [0, 0.1) is 0 Å². The fraction of sp³-hybridized carbons (Fsp3) is 0.778. The topological polar surface area (TPSA) is 89.3 Å². The van der Waals surface area contributed by atoms with E-state index < -0.39 is 10.0 Å². The highest BCUT2D eigenvalue weighted by atomic mass is 79.9. The number of aromatic nitrogens is 3. The molecule has 110 valence electrons. The number of sulfonamides is 1. The molecule has 1 N–H and O–H groups in total. The van der Waals surface area contributed by atoms with E-state index in [1.165, 1.54) is 11.7 Å². The van der Waals surface area contributed by atoms with E-state index in [0.717, 1.165) is 6.54 Å². The molecule has 0 saturated carbocycles. The molecule has 0 aliphatic carbocycles. The van der Waals surface area contributed by atoms with Crippen molar-refractivity contribution >= 4 is 26.0 Å². The molecule has 1 heterocycles. The average molecular weight is 356 g/mol. The van der Waals surface area contributed by atoms with Crippen LogP contribution in [-0.2, 0) is 21.8 Å². The minimum Gasteiger partial charge on any atom is -0.383 e. The second kappa shape index (κ2) is 7.29. The first-order chi connectivity index (χ1) is 8.88. The summed E-state index contributed by atoms with van der Waals surface area (Å²) < 4.78 is 33.0. The Kier molecular flexibility index (Phi) is 6.33. The number of rotatable bonds is 8. The summed E-state index contributed by atoms with van der Waals surface area (Å²) in [4.78, 5) is 1.97. The Morgan fingerprint density at radius 1 is 1.47 bits per heavy atom. The predicted octanol–water partition coefficient (Wildman–Crippen LogP) is -0.566. The van der Waals surface area contributed by atoms with Crippen molar-refractivity contribution in [1.29, 1.82) is 0 Å². The van der Waals surface area contributed by atoms with Crippen molar-refractivity contribution in [2.24, 2.45) is 7.05 Å². The number of hydrogen-bond donors (Lipinski definition) is 1. The molecule has 1 aromatic heterocycles. The Balaban J connectivity index is 2.53. The third kappa shape index (κ3) is 4.80. The molecule has 0 spiro atoms. The molecule has 0 aromatic carbocycles. The minimum atomic E-state index is -3.61. The van der Waals surface area contributed by atoms with Crippen LogP contribution in [0.1, 0.15) is 0 Å². The Morgan fingerprint density at radius 3 is 2.68 bits per heavy atom. The molecule has 0 bridgehead atoms. The Bertz CT molecular complexity index is 484. The van der Waals surface area contributed by atoms with E-state index in [4.69, 9.17) is 4.74 Å². The van der Waals surface area contributed by atoms with E-state index in [9.17, 15) is 8.42 Å². The lowest BCUT2D eigenvalue weighted by Gasteiger charge is -2.16. The van der Waals surface area contributed by atoms with Gasteiger partial charge in [0, 0.05) is 33.8 Å². The lowest BCUT2D eigenvalue weighted by Crippen LogP contribution is -2.35. The highest BCUT2D eigenvalue weighted by Gasteiger charge is 2.23. The highest BCUT2D eigenvalue weighted by Crippen LogP contribution is 2.17. The second-order valence-corrected chi connectivity index (χ2v) is 6.44. The number of likely N-dealkylation sites (N-methyl/N-ethyl adjacent to an activating group) is 1. The number of hydrogen-bond acceptors (Lipinski definition) is 6. The van der Waals surface area contributed by atoms with Gasteiger partial charge in [0.1, 0.15) is 0 Å². The molecule has 0 fully saturated rings. The van der Waals surface area contributed by atoms with Crippen LogP contribution in [0.5, 0.6) is 0 Å². The maximum absolute atomic E-state index is 12.0. The van der Waals surface area contributed by atoms with Crippen molar-refractivity contribution in [1.82, 2.24) is 24.6 Å². The van der Waals surface area contributed by atoms with Gasteiger partial charge in [0.25, 0.3) is 10.0 Å². The number of ether oxygens (including phenoxy) is 1. The van der Waals surface area contributed by atoms with Crippen LogP contribution < -0.4 is 4.72 Å². The molecule has 0 saturated heterocycles. The van der Waals surface area contributed by atoms with Crippen LogP contribution in [0.15, 0.2) is 9.63 Å². The molecule has 1 rings (SSSR count). The van der Waals surface area contributed by atoms with Crippen LogP contribution in [0.25, 0.3) is 0 Å².